The van der Waals surface area contributed by atoms with Gasteiger partial charge >= 0.3 is 0 Å². The molecule has 0 radical (unpaired) electrons. The lowest BCUT2D eigenvalue weighted by molar-refractivity contribution is 0.0623. The molecule has 7 heteroatoms. The van der Waals surface area contributed by atoms with Crippen molar-refractivity contribution in [2.24, 2.45) is 0 Å². The van der Waals surface area contributed by atoms with Crippen LogP contribution >= 0.6 is 0 Å². The molecule has 5 nitrogen and oxygen atoms in total. The molecule has 0 bridgehead atoms. The van der Waals surface area contributed by atoms with Gasteiger partial charge in [0, 0.05) is 51.7 Å². The van der Waals surface area contributed by atoms with Crippen LogP contribution in [0.25, 0.3) is 0 Å². The number of aryl methyl sites for hydroxylation is 1. The fraction of sp³-hybridized carbons (Fsp3) is 0.412. The van der Waals surface area contributed by atoms with Crippen LogP contribution in [-0.2, 0) is 6.54 Å². The van der Waals surface area contributed by atoms with Gasteiger partial charge in [0.1, 0.15) is 23.0 Å². The Kier molecular flexibility index (Phi) is 4.89. The largest absolute Gasteiger partial charge is 0.336 e. The summed E-state index contributed by atoms with van der Waals surface area (Å²) in [5.41, 5.74) is -0.458. The van der Waals surface area contributed by atoms with Gasteiger partial charge in [0.05, 0.1) is 0 Å². The van der Waals surface area contributed by atoms with E-state index in [2.05, 4.69) is 14.5 Å². The minimum absolute atomic E-state index is 0.458. The fourth-order valence-electron chi connectivity index (χ4n) is 2.92. The van der Waals surface area contributed by atoms with E-state index in [4.69, 9.17) is 0 Å². The summed E-state index contributed by atoms with van der Waals surface area (Å²) >= 11 is 0. The number of imidazole rings is 1. The van der Waals surface area contributed by atoms with Gasteiger partial charge in [-0.3, -0.25) is 9.69 Å². The molecule has 0 atom stereocenters. The number of carbonyl (C=O) groups excluding carboxylic acids is 1. The molecule has 2 aromatic rings. The van der Waals surface area contributed by atoms with Crippen LogP contribution in [0.1, 0.15) is 16.2 Å². The number of hydrogen-bond acceptors (Lipinski definition) is 3. The second kappa shape index (κ2) is 7.09. The van der Waals surface area contributed by atoms with Gasteiger partial charge in [-0.25, -0.2) is 13.8 Å². The van der Waals surface area contributed by atoms with Crippen LogP contribution in [0.5, 0.6) is 0 Å². The van der Waals surface area contributed by atoms with Gasteiger partial charge in [-0.05, 0) is 19.1 Å². The normalized spacial score (nSPS) is 15.7. The predicted octanol–water partition coefficient (Wildman–Crippen LogP) is 1.93. The zero-order chi connectivity index (χ0) is 17.1. The van der Waals surface area contributed by atoms with E-state index in [0.717, 1.165) is 31.0 Å². The summed E-state index contributed by atoms with van der Waals surface area (Å²) < 4.78 is 29.6. The van der Waals surface area contributed by atoms with Gasteiger partial charge in [-0.1, -0.05) is 6.07 Å². The molecule has 0 spiro atoms. The molecule has 1 fully saturated rings. The first kappa shape index (κ1) is 16.6. The topological polar surface area (TPSA) is 41.4 Å². The molecule has 1 aromatic heterocycles. The molecule has 0 unspecified atom stereocenters. The number of aromatic nitrogens is 2. The Balaban J connectivity index is 1.55. The highest BCUT2D eigenvalue weighted by Gasteiger charge is 2.26. The Hall–Kier alpha value is -2.28. The zero-order valence-electron chi connectivity index (χ0n) is 13.6. The Labute approximate surface area is 139 Å². The number of nitrogens with zero attached hydrogens (tertiary/aromatic N) is 4. The molecule has 2 heterocycles. The molecular weight excluding hydrogens is 314 g/mol. The summed E-state index contributed by atoms with van der Waals surface area (Å²) in [6.45, 7) is 5.96. The van der Waals surface area contributed by atoms with Crippen LogP contribution in [0, 0.1) is 18.6 Å². The lowest BCUT2D eigenvalue weighted by Crippen LogP contribution is -2.49. The van der Waals surface area contributed by atoms with Crippen molar-refractivity contribution in [1.82, 2.24) is 19.4 Å². The maximum absolute atomic E-state index is 13.7. The third-order valence-corrected chi connectivity index (χ3v) is 4.42. The van der Waals surface area contributed by atoms with Crippen LogP contribution in [0.3, 0.4) is 0 Å². The molecular formula is C17H20F2N4O. The van der Waals surface area contributed by atoms with Crippen molar-refractivity contribution in [3.8, 4) is 0 Å². The van der Waals surface area contributed by atoms with Gasteiger partial charge in [-0.15, -0.1) is 0 Å². The summed E-state index contributed by atoms with van der Waals surface area (Å²) in [4.78, 5) is 20.3. The van der Waals surface area contributed by atoms with Gasteiger partial charge in [0.25, 0.3) is 5.91 Å². The van der Waals surface area contributed by atoms with Crippen molar-refractivity contribution in [2.75, 3.05) is 32.7 Å². The summed E-state index contributed by atoms with van der Waals surface area (Å²) in [5, 5.41) is 0. The van der Waals surface area contributed by atoms with E-state index in [0.29, 0.717) is 26.2 Å². The third kappa shape index (κ3) is 3.46. The summed E-state index contributed by atoms with van der Waals surface area (Å²) in [7, 11) is 0. The SMILES string of the molecule is Cc1nccn1CCN1CCN(C(=O)c2c(F)cccc2F)CC1. The minimum atomic E-state index is -0.807. The number of rotatable bonds is 4. The third-order valence-electron chi connectivity index (χ3n) is 4.42. The van der Waals surface area contributed by atoms with Crippen LogP contribution in [-0.4, -0.2) is 58.0 Å². The molecule has 1 aliphatic heterocycles. The van der Waals surface area contributed by atoms with E-state index in [1.807, 2.05) is 13.1 Å². The Morgan fingerprint density at radius 1 is 1.12 bits per heavy atom. The standard InChI is InChI=1S/C17H20F2N4O/c1-13-20-5-6-22(13)10-7-21-8-11-23(12-9-21)17(24)16-14(18)3-2-4-15(16)19/h2-6H,7-12H2,1H3. The maximum Gasteiger partial charge on any atom is 0.259 e. The number of hydrogen-bond donors (Lipinski definition) is 0. The van der Waals surface area contributed by atoms with Gasteiger partial charge in [0.2, 0.25) is 0 Å². The van der Waals surface area contributed by atoms with E-state index in [1.54, 1.807) is 6.20 Å². The zero-order valence-corrected chi connectivity index (χ0v) is 13.6. The quantitative estimate of drug-likeness (QED) is 0.858. The summed E-state index contributed by atoms with van der Waals surface area (Å²) in [6.07, 6.45) is 3.71. The number of piperazine rings is 1. The lowest BCUT2D eigenvalue weighted by atomic mass is 10.1. The van der Waals surface area contributed by atoms with E-state index in [-0.39, 0.29) is 0 Å². The van der Waals surface area contributed by atoms with E-state index in [9.17, 15) is 13.6 Å². The van der Waals surface area contributed by atoms with Gasteiger partial charge in [-0.2, -0.15) is 0 Å². The monoisotopic (exact) mass is 334 g/mol. The smallest absolute Gasteiger partial charge is 0.259 e. The van der Waals surface area contributed by atoms with Crippen molar-refractivity contribution >= 4 is 5.91 Å². The highest BCUT2D eigenvalue weighted by molar-refractivity contribution is 5.94. The second-order valence-electron chi connectivity index (χ2n) is 5.90. The number of halogens is 2. The first-order valence-corrected chi connectivity index (χ1v) is 7.99. The predicted molar refractivity (Wildman–Crippen MR) is 85.7 cm³/mol. The molecule has 1 amide bonds. The number of benzene rings is 1. The van der Waals surface area contributed by atoms with E-state index < -0.39 is 23.1 Å². The molecule has 1 aromatic carbocycles. The maximum atomic E-state index is 13.7. The Bertz CT molecular complexity index is 703. The lowest BCUT2D eigenvalue weighted by Gasteiger charge is -2.35. The molecule has 1 saturated heterocycles. The van der Waals surface area contributed by atoms with Crippen molar-refractivity contribution < 1.29 is 13.6 Å². The fourth-order valence-corrected chi connectivity index (χ4v) is 2.92. The minimum Gasteiger partial charge on any atom is -0.336 e. The van der Waals surface area contributed by atoms with Crippen molar-refractivity contribution in [3.05, 3.63) is 53.6 Å². The van der Waals surface area contributed by atoms with E-state index in [1.165, 1.54) is 11.0 Å². The molecule has 0 N–H and O–H groups in total. The highest BCUT2D eigenvalue weighted by atomic mass is 19.1. The first-order chi connectivity index (χ1) is 11.6. The molecule has 128 valence electrons. The highest BCUT2D eigenvalue weighted by Crippen LogP contribution is 2.16. The van der Waals surface area contributed by atoms with Crippen molar-refractivity contribution in [2.45, 2.75) is 13.5 Å². The molecule has 0 saturated carbocycles. The average Bonchev–Trinajstić information content (AvgIpc) is 2.98. The summed E-state index contributed by atoms with van der Waals surface area (Å²) in [6, 6.07) is 3.48. The molecule has 0 aliphatic carbocycles. The van der Waals surface area contributed by atoms with Crippen LogP contribution < -0.4 is 0 Å². The average molecular weight is 334 g/mol. The molecule has 24 heavy (non-hydrogen) atoms. The second-order valence-corrected chi connectivity index (χ2v) is 5.90. The number of carbonyl (C=O) groups is 1. The van der Waals surface area contributed by atoms with Gasteiger partial charge in [0.15, 0.2) is 0 Å². The van der Waals surface area contributed by atoms with Gasteiger partial charge < -0.3 is 9.47 Å². The van der Waals surface area contributed by atoms with Crippen LogP contribution in [0.2, 0.25) is 0 Å². The number of amides is 1. The summed E-state index contributed by atoms with van der Waals surface area (Å²) in [5.74, 6) is -1.22. The van der Waals surface area contributed by atoms with Crippen molar-refractivity contribution in [3.63, 3.8) is 0 Å². The first-order valence-electron chi connectivity index (χ1n) is 7.99. The molecule has 3 rings (SSSR count). The van der Waals surface area contributed by atoms with E-state index >= 15 is 0 Å². The Morgan fingerprint density at radius 2 is 1.79 bits per heavy atom. The van der Waals surface area contributed by atoms with Crippen LogP contribution in [0.4, 0.5) is 8.78 Å². The van der Waals surface area contributed by atoms with Crippen molar-refractivity contribution in [1.29, 1.82) is 0 Å². The van der Waals surface area contributed by atoms with Crippen LogP contribution in [0.15, 0.2) is 30.6 Å². The molecule has 1 aliphatic rings. The Morgan fingerprint density at radius 3 is 2.38 bits per heavy atom.